The Morgan fingerprint density at radius 2 is 0.506 bits per heavy atom. The second-order valence-corrected chi connectivity index (χ2v) is 29.5. The van der Waals surface area contributed by atoms with Gasteiger partial charge in [-0.15, -0.1) is 0 Å². The van der Waals surface area contributed by atoms with Gasteiger partial charge in [0.1, 0.15) is 0 Å². The summed E-state index contributed by atoms with van der Waals surface area (Å²) in [5, 5.41) is 13.8. The molecule has 0 atom stereocenters. The zero-order valence-corrected chi connectivity index (χ0v) is 48.1. The van der Waals surface area contributed by atoms with Crippen molar-refractivity contribution < 1.29 is 0 Å². The normalized spacial score (nSPS) is 13.1. The Morgan fingerprint density at radius 3 is 0.802 bits per heavy atom. The molecular weight excluding hydrogens is 1010 g/mol. The van der Waals surface area contributed by atoms with Gasteiger partial charge >= 0.3 is 0 Å². The van der Waals surface area contributed by atoms with Crippen LogP contribution in [0.25, 0.3) is 27.5 Å². The molecule has 0 saturated heterocycles. The largest absolute Gasteiger partial charge is 0.310 e. The Labute approximate surface area is 478 Å². The number of fused-ring (bicyclic) bond motifs is 5. The molecule has 1 aliphatic rings. The highest BCUT2D eigenvalue weighted by molar-refractivity contribution is 7.32. The Bertz CT molecular complexity index is 4070. The molecule has 14 rings (SSSR count). The van der Waals surface area contributed by atoms with Gasteiger partial charge in [-0.25, -0.2) is 0 Å². The number of aromatic nitrogens is 1. The highest BCUT2D eigenvalue weighted by atomic mass is 28.3. The monoisotopic (exact) mass is 1070 g/mol. The van der Waals surface area contributed by atoms with Crippen molar-refractivity contribution in [1.29, 1.82) is 0 Å². The van der Waals surface area contributed by atoms with Gasteiger partial charge in [-0.3, -0.25) is 0 Å². The fourth-order valence-corrected chi connectivity index (χ4v) is 25.4. The SMILES string of the molecule is Cc1ccc(N(c2ccc(C)cc2)c2ccc3c(c2)c2cc(N(c4ccc(C)cc4)c4ccc(C)cc4)ccc2n3-c2ccc([Si]3(c4ccccc4)c4ccccc4[Si](c4ccccc4)(c4ccccc4)c4ccccc43)cc2)cc1. The van der Waals surface area contributed by atoms with E-state index < -0.39 is 16.1 Å². The molecule has 388 valence electrons. The average molecular weight is 1070 g/mol. The van der Waals surface area contributed by atoms with Crippen LogP contribution in [-0.4, -0.2) is 20.7 Å². The van der Waals surface area contributed by atoms with Gasteiger partial charge in [0.25, 0.3) is 0 Å². The molecule has 3 nitrogen and oxygen atoms in total. The van der Waals surface area contributed by atoms with Crippen molar-refractivity contribution in [3.8, 4) is 5.69 Å². The highest BCUT2D eigenvalue weighted by Crippen LogP contribution is 2.43. The lowest BCUT2D eigenvalue weighted by Gasteiger charge is -2.48. The van der Waals surface area contributed by atoms with Crippen LogP contribution in [0.3, 0.4) is 0 Å². The minimum absolute atomic E-state index is 1.10. The van der Waals surface area contributed by atoms with E-state index in [1.165, 1.54) is 74.5 Å². The number of rotatable bonds is 11. The molecule has 2 heterocycles. The van der Waals surface area contributed by atoms with Gasteiger partial charge in [-0.1, -0.05) is 222 Å². The van der Waals surface area contributed by atoms with E-state index in [9.17, 15) is 0 Å². The first kappa shape index (κ1) is 49.7. The fraction of sp³-hybridized carbons (Fsp3) is 0.0526. The van der Waals surface area contributed by atoms with Gasteiger partial charge in [0.15, 0.2) is 16.1 Å². The lowest BCUT2D eigenvalue weighted by Crippen LogP contribution is -2.93. The standard InChI is InChI=1S/C76H61N3Si2/c1-54-28-36-58(37-29-54)77(59-38-30-55(2)31-39-59)63-46-50-71-69(52-63)70-53-64(78(60-40-32-56(3)33-41-60)61-42-34-57(4)35-43-61)47-51-72(70)79(71)62-44-48-68(49-45-62)81(67-22-12-7-13-23-67)75-26-16-14-24-73(75)80(65-18-8-5-9-19-65,66-20-10-6-11-21-66)74-25-15-17-27-76(74)81/h5-53H,1-4H3. The Morgan fingerprint density at radius 1 is 0.247 bits per heavy atom. The number of hydrogen-bond acceptors (Lipinski definition) is 2. The maximum Gasteiger partial charge on any atom is 0.179 e. The second-order valence-electron chi connectivity index (χ2n) is 22.0. The zero-order chi connectivity index (χ0) is 54.7. The lowest BCUT2D eigenvalue weighted by molar-refractivity contribution is 1.18. The molecule has 1 aromatic heterocycles. The topological polar surface area (TPSA) is 11.4 Å². The second kappa shape index (κ2) is 20.3. The predicted molar refractivity (Wildman–Crippen MR) is 350 cm³/mol. The molecule has 0 radical (unpaired) electrons. The first-order valence-electron chi connectivity index (χ1n) is 28.2. The molecule has 0 fully saturated rings. The summed E-state index contributed by atoms with van der Waals surface area (Å²) in [5.74, 6) is 0. The smallest absolute Gasteiger partial charge is 0.179 e. The third-order valence-corrected chi connectivity index (χ3v) is 27.3. The number of anilines is 6. The molecule has 0 N–H and O–H groups in total. The summed E-state index contributed by atoms with van der Waals surface area (Å²) >= 11 is 0. The minimum atomic E-state index is -3.02. The van der Waals surface area contributed by atoms with E-state index in [0.29, 0.717) is 0 Å². The van der Waals surface area contributed by atoms with Gasteiger partial charge in [0.2, 0.25) is 0 Å². The third kappa shape index (κ3) is 8.22. The van der Waals surface area contributed by atoms with E-state index in [1.54, 1.807) is 0 Å². The van der Waals surface area contributed by atoms with E-state index in [1.807, 2.05) is 0 Å². The number of hydrogen-bond donors (Lipinski definition) is 0. The van der Waals surface area contributed by atoms with Gasteiger partial charge in [-0.05, 0) is 166 Å². The summed E-state index contributed by atoms with van der Waals surface area (Å²) in [6, 6.07) is 113. The van der Waals surface area contributed by atoms with Crippen molar-refractivity contribution >= 4 is 114 Å². The molecule has 13 aromatic rings. The Kier molecular flexibility index (Phi) is 12.5. The van der Waals surface area contributed by atoms with Gasteiger partial charge in [0, 0.05) is 50.6 Å². The van der Waals surface area contributed by atoms with Crippen LogP contribution in [0.15, 0.2) is 297 Å². The van der Waals surface area contributed by atoms with Crippen molar-refractivity contribution in [2.24, 2.45) is 0 Å². The number of benzene rings is 12. The van der Waals surface area contributed by atoms with E-state index in [-0.39, 0.29) is 0 Å². The molecule has 1 aliphatic heterocycles. The van der Waals surface area contributed by atoms with Crippen molar-refractivity contribution in [3.63, 3.8) is 0 Å². The molecule has 0 saturated carbocycles. The van der Waals surface area contributed by atoms with Crippen LogP contribution in [0, 0.1) is 27.7 Å². The highest BCUT2D eigenvalue weighted by Gasteiger charge is 2.56. The Balaban J connectivity index is 1.00. The van der Waals surface area contributed by atoms with Gasteiger partial charge in [-0.2, -0.15) is 0 Å². The molecular formula is C76H61N3Si2. The summed E-state index contributed by atoms with van der Waals surface area (Å²) in [5.41, 5.74) is 15.0. The van der Waals surface area contributed by atoms with Crippen LogP contribution >= 0.6 is 0 Å². The van der Waals surface area contributed by atoms with Gasteiger partial charge in [0.05, 0.1) is 11.0 Å². The lowest BCUT2D eigenvalue weighted by atomic mass is 10.1. The van der Waals surface area contributed by atoms with Crippen LogP contribution in [0.1, 0.15) is 22.3 Å². The molecule has 81 heavy (non-hydrogen) atoms. The van der Waals surface area contributed by atoms with Crippen LogP contribution in [-0.2, 0) is 0 Å². The molecule has 0 spiro atoms. The van der Waals surface area contributed by atoms with Crippen molar-refractivity contribution in [2.75, 3.05) is 9.80 Å². The summed E-state index contributed by atoms with van der Waals surface area (Å²) in [6.45, 7) is 8.62. The molecule has 5 heteroatoms. The molecule has 0 aliphatic carbocycles. The first-order chi connectivity index (χ1) is 39.8. The molecule has 0 unspecified atom stereocenters. The van der Waals surface area contributed by atoms with Crippen LogP contribution in [0.2, 0.25) is 0 Å². The Hall–Kier alpha value is -9.53. The van der Waals surface area contributed by atoms with Crippen LogP contribution in [0.4, 0.5) is 34.1 Å². The van der Waals surface area contributed by atoms with Crippen molar-refractivity contribution in [1.82, 2.24) is 4.57 Å². The number of aryl methyl sites for hydroxylation is 4. The average Bonchev–Trinajstić information content (AvgIpc) is 1.91. The fourth-order valence-electron chi connectivity index (χ4n) is 13.3. The van der Waals surface area contributed by atoms with E-state index >= 15 is 0 Å². The maximum atomic E-state index is 2.49. The third-order valence-electron chi connectivity index (χ3n) is 17.1. The van der Waals surface area contributed by atoms with E-state index in [4.69, 9.17) is 0 Å². The molecule has 12 aromatic carbocycles. The van der Waals surface area contributed by atoms with Crippen LogP contribution < -0.4 is 51.3 Å². The van der Waals surface area contributed by atoms with E-state index in [0.717, 1.165) is 50.8 Å². The summed E-state index contributed by atoms with van der Waals surface area (Å²) in [4.78, 5) is 4.79. The zero-order valence-electron chi connectivity index (χ0n) is 46.1. The van der Waals surface area contributed by atoms with Gasteiger partial charge < -0.3 is 14.4 Å². The van der Waals surface area contributed by atoms with Crippen LogP contribution in [0.5, 0.6) is 0 Å². The quantitative estimate of drug-likeness (QED) is 0.120. The van der Waals surface area contributed by atoms with E-state index in [2.05, 4.69) is 339 Å². The summed E-state index contributed by atoms with van der Waals surface area (Å²) in [6.07, 6.45) is 0. The summed E-state index contributed by atoms with van der Waals surface area (Å²) in [7, 11) is -5.86. The molecule has 0 amide bonds. The van der Waals surface area contributed by atoms with Crippen molar-refractivity contribution in [2.45, 2.75) is 27.7 Å². The number of nitrogens with zero attached hydrogens (tertiary/aromatic N) is 3. The minimum Gasteiger partial charge on any atom is -0.310 e. The maximum absolute atomic E-state index is 3.02. The predicted octanol–water partition coefficient (Wildman–Crippen LogP) is 14.0. The molecule has 0 bridgehead atoms. The van der Waals surface area contributed by atoms with Crippen molar-refractivity contribution in [3.05, 3.63) is 320 Å². The first-order valence-corrected chi connectivity index (χ1v) is 32.2. The summed E-state index contributed by atoms with van der Waals surface area (Å²) < 4.78 is 2.49.